The Balaban J connectivity index is 1.88. The van der Waals surface area contributed by atoms with E-state index < -0.39 is 0 Å². The fourth-order valence-corrected chi connectivity index (χ4v) is 4.61. The number of hydroxylamine groups is 3. The highest BCUT2D eigenvalue weighted by Crippen LogP contribution is 2.42. The fourth-order valence-electron chi connectivity index (χ4n) is 1.93. The van der Waals surface area contributed by atoms with E-state index in [1.807, 2.05) is 0 Å². The quantitative estimate of drug-likeness (QED) is 0.429. The van der Waals surface area contributed by atoms with E-state index in [4.69, 9.17) is 0 Å². The largest absolute Gasteiger partial charge is 0.633 e. The average Bonchev–Trinajstić information content (AvgIpc) is 2.23. The zero-order valence-electron chi connectivity index (χ0n) is 9.22. The molecular weight excluding hydrogens is 205 g/mol. The standard InChI is InChI=1S/C12H18NOP/c1-13(14)7-9-15(10-8-13)11-12-5-3-2-4-6-12/h2-6H,7-11H2,1H3. The van der Waals surface area contributed by atoms with Crippen molar-refractivity contribution >= 4 is 7.92 Å². The lowest BCUT2D eigenvalue weighted by atomic mass is 10.2. The molecule has 1 aliphatic rings. The lowest BCUT2D eigenvalue weighted by Crippen LogP contribution is -2.45. The van der Waals surface area contributed by atoms with Crippen LogP contribution in [0.4, 0.5) is 0 Å². The minimum atomic E-state index is -0.0202. The Hall–Kier alpha value is -0.430. The predicted octanol–water partition coefficient (Wildman–Crippen LogP) is 2.63. The Kier molecular flexibility index (Phi) is 3.40. The monoisotopic (exact) mass is 223 g/mol. The van der Waals surface area contributed by atoms with Crippen LogP contribution in [0.5, 0.6) is 0 Å². The van der Waals surface area contributed by atoms with Crippen molar-refractivity contribution in [1.82, 2.24) is 0 Å². The number of nitrogens with zero attached hydrogens (tertiary/aromatic N) is 1. The molecule has 1 aromatic carbocycles. The van der Waals surface area contributed by atoms with Crippen LogP contribution in [-0.4, -0.2) is 37.1 Å². The molecule has 15 heavy (non-hydrogen) atoms. The molecule has 1 aliphatic heterocycles. The first-order valence-corrected chi connectivity index (χ1v) is 7.37. The van der Waals surface area contributed by atoms with Crippen molar-refractivity contribution in [1.29, 1.82) is 0 Å². The normalized spacial score (nSPS) is 31.5. The third kappa shape index (κ3) is 3.27. The van der Waals surface area contributed by atoms with Crippen molar-refractivity contribution in [2.45, 2.75) is 6.16 Å². The smallest absolute Gasteiger partial charge is 0.0821 e. The highest BCUT2D eigenvalue weighted by Gasteiger charge is 2.22. The summed E-state index contributed by atoms with van der Waals surface area (Å²) in [6.45, 7) is 1.64. The van der Waals surface area contributed by atoms with Crippen LogP contribution in [0, 0.1) is 5.21 Å². The van der Waals surface area contributed by atoms with Gasteiger partial charge in [0.15, 0.2) is 0 Å². The van der Waals surface area contributed by atoms with E-state index in [1.165, 1.54) is 11.7 Å². The molecule has 3 heteroatoms. The number of quaternary nitrogens is 1. The molecule has 2 rings (SSSR count). The molecule has 1 saturated heterocycles. The molecule has 0 radical (unpaired) electrons. The second-order valence-electron chi connectivity index (χ2n) is 4.51. The van der Waals surface area contributed by atoms with Gasteiger partial charge >= 0.3 is 0 Å². The Bertz CT molecular complexity index is 303. The maximum atomic E-state index is 11.7. The first-order chi connectivity index (χ1) is 7.16. The van der Waals surface area contributed by atoms with E-state index in [9.17, 15) is 5.21 Å². The van der Waals surface area contributed by atoms with Crippen molar-refractivity contribution < 1.29 is 4.65 Å². The first-order valence-electron chi connectivity index (χ1n) is 5.48. The summed E-state index contributed by atoms with van der Waals surface area (Å²) in [5, 5.41) is 11.7. The second-order valence-corrected chi connectivity index (χ2v) is 7.06. The van der Waals surface area contributed by atoms with E-state index in [2.05, 4.69) is 30.3 Å². The van der Waals surface area contributed by atoms with Crippen LogP contribution in [0.3, 0.4) is 0 Å². The van der Waals surface area contributed by atoms with Crippen LogP contribution in [0.15, 0.2) is 30.3 Å². The lowest BCUT2D eigenvalue weighted by molar-refractivity contribution is -0.857. The van der Waals surface area contributed by atoms with Gasteiger partial charge in [0, 0.05) is 12.3 Å². The van der Waals surface area contributed by atoms with Crippen LogP contribution in [0.25, 0.3) is 0 Å². The average molecular weight is 223 g/mol. The van der Waals surface area contributed by atoms with Crippen LogP contribution >= 0.6 is 7.92 Å². The number of benzene rings is 1. The van der Waals surface area contributed by atoms with Gasteiger partial charge in [-0.05, 0) is 11.7 Å². The number of rotatable bonds is 2. The van der Waals surface area contributed by atoms with Gasteiger partial charge in [-0.3, -0.25) is 0 Å². The predicted molar refractivity (Wildman–Crippen MR) is 66.1 cm³/mol. The molecule has 0 spiro atoms. The van der Waals surface area contributed by atoms with Gasteiger partial charge in [-0.2, -0.15) is 0 Å². The summed E-state index contributed by atoms with van der Waals surface area (Å²) in [4.78, 5) is 0. The molecular formula is C12H18NOP. The molecule has 0 saturated carbocycles. The summed E-state index contributed by atoms with van der Waals surface area (Å²) < 4.78 is -0.0202. The van der Waals surface area contributed by atoms with Gasteiger partial charge in [-0.25, -0.2) is 0 Å². The first kappa shape index (κ1) is 11.1. The van der Waals surface area contributed by atoms with Crippen molar-refractivity contribution in [3.05, 3.63) is 41.1 Å². The SMILES string of the molecule is C[N+]1([O-])CCP(Cc2ccccc2)CC1. The van der Waals surface area contributed by atoms with Crippen molar-refractivity contribution in [2.75, 3.05) is 32.5 Å². The van der Waals surface area contributed by atoms with Crippen LogP contribution in [-0.2, 0) is 6.16 Å². The minimum absolute atomic E-state index is 0.0202. The summed E-state index contributed by atoms with van der Waals surface area (Å²) in [6.07, 6.45) is 3.49. The maximum Gasteiger partial charge on any atom is 0.0821 e. The van der Waals surface area contributed by atoms with E-state index in [0.717, 1.165) is 25.4 Å². The third-order valence-electron chi connectivity index (χ3n) is 3.03. The molecule has 0 aromatic heterocycles. The van der Waals surface area contributed by atoms with E-state index in [1.54, 1.807) is 7.05 Å². The Morgan fingerprint density at radius 1 is 1.20 bits per heavy atom. The van der Waals surface area contributed by atoms with Gasteiger partial charge in [0.1, 0.15) is 0 Å². The van der Waals surface area contributed by atoms with Gasteiger partial charge in [0.05, 0.1) is 20.1 Å². The molecule has 82 valence electrons. The summed E-state index contributed by atoms with van der Waals surface area (Å²) >= 11 is 0. The second kappa shape index (κ2) is 4.61. The highest BCUT2D eigenvalue weighted by molar-refractivity contribution is 7.56. The number of hydrogen-bond acceptors (Lipinski definition) is 1. The third-order valence-corrected chi connectivity index (χ3v) is 5.50. The molecule has 0 aliphatic carbocycles. The van der Waals surface area contributed by atoms with Gasteiger partial charge in [-0.15, -0.1) is 0 Å². The Morgan fingerprint density at radius 2 is 1.80 bits per heavy atom. The molecule has 1 fully saturated rings. The topological polar surface area (TPSA) is 23.1 Å². The van der Waals surface area contributed by atoms with Gasteiger partial charge in [0.25, 0.3) is 0 Å². The van der Waals surface area contributed by atoms with Crippen LogP contribution < -0.4 is 0 Å². The van der Waals surface area contributed by atoms with Gasteiger partial charge in [0.2, 0.25) is 0 Å². The summed E-state index contributed by atoms with van der Waals surface area (Å²) in [5.74, 6) is 0. The highest BCUT2D eigenvalue weighted by atomic mass is 31.1. The van der Waals surface area contributed by atoms with Crippen molar-refractivity contribution in [3.63, 3.8) is 0 Å². The molecule has 0 unspecified atom stereocenters. The van der Waals surface area contributed by atoms with Crippen LogP contribution in [0.1, 0.15) is 5.56 Å². The van der Waals surface area contributed by atoms with Gasteiger partial charge < -0.3 is 9.85 Å². The maximum absolute atomic E-state index is 11.7. The molecule has 0 amide bonds. The minimum Gasteiger partial charge on any atom is -0.633 e. The van der Waals surface area contributed by atoms with Crippen molar-refractivity contribution in [2.24, 2.45) is 0 Å². The van der Waals surface area contributed by atoms with E-state index in [0.29, 0.717) is 0 Å². The van der Waals surface area contributed by atoms with Crippen molar-refractivity contribution in [3.8, 4) is 0 Å². The number of hydrogen-bond donors (Lipinski definition) is 0. The summed E-state index contributed by atoms with van der Waals surface area (Å²) in [6, 6.07) is 10.7. The zero-order chi connectivity index (χ0) is 10.7. The molecule has 0 bridgehead atoms. The van der Waals surface area contributed by atoms with Crippen LogP contribution in [0.2, 0.25) is 0 Å². The van der Waals surface area contributed by atoms with E-state index in [-0.39, 0.29) is 12.6 Å². The van der Waals surface area contributed by atoms with E-state index >= 15 is 0 Å². The fraction of sp³-hybridized carbons (Fsp3) is 0.500. The Labute approximate surface area is 92.8 Å². The molecule has 0 atom stereocenters. The lowest BCUT2D eigenvalue weighted by Gasteiger charge is -2.44. The van der Waals surface area contributed by atoms with Gasteiger partial charge in [-0.1, -0.05) is 38.3 Å². The molecule has 2 nitrogen and oxygen atoms in total. The zero-order valence-corrected chi connectivity index (χ0v) is 10.1. The Morgan fingerprint density at radius 3 is 2.40 bits per heavy atom. The molecule has 1 heterocycles. The summed E-state index contributed by atoms with van der Waals surface area (Å²) in [5.41, 5.74) is 1.44. The molecule has 0 N–H and O–H groups in total. The summed E-state index contributed by atoms with van der Waals surface area (Å²) in [7, 11) is 1.88. The molecule has 1 aromatic rings.